The van der Waals surface area contributed by atoms with E-state index in [1.165, 1.54) is 40.2 Å². The van der Waals surface area contributed by atoms with E-state index in [4.69, 9.17) is 42.8 Å². The van der Waals surface area contributed by atoms with Gasteiger partial charge in [0.2, 0.25) is 11.7 Å². The molecule has 42 heavy (non-hydrogen) atoms. The lowest BCUT2D eigenvalue weighted by Crippen LogP contribution is -2.47. The second-order valence-corrected chi connectivity index (χ2v) is 11.4. The van der Waals surface area contributed by atoms with Crippen LogP contribution in [0, 0.1) is 0 Å². The first-order chi connectivity index (χ1) is 20.3. The number of anilines is 2. The predicted molar refractivity (Wildman–Crippen MR) is 172 cm³/mol. The Morgan fingerprint density at radius 2 is 1.52 bits per heavy atom. The number of rotatable bonds is 10. The molecule has 1 N–H and O–H groups in total. The lowest BCUT2D eigenvalue weighted by molar-refractivity contribution is -0.116. The monoisotopic (exact) mass is 631 g/mol. The number of ether oxygens (including phenoxy) is 4. The highest BCUT2D eigenvalue weighted by Crippen LogP contribution is 2.41. The molecule has 12 heteroatoms. The van der Waals surface area contributed by atoms with Crippen LogP contribution in [0.15, 0.2) is 54.6 Å². The first kappa shape index (κ1) is 31.4. The number of aromatic hydroxyl groups is 1. The molecule has 1 aliphatic rings. The van der Waals surface area contributed by atoms with Crippen LogP contribution < -0.4 is 28.7 Å². The maximum absolute atomic E-state index is 13.8. The van der Waals surface area contributed by atoms with Crippen molar-refractivity contribution in [2.75, 3.05) is 70.2 Å². The number of phenolic OH excluding ortho intramolecular Hbond substituents is 1. The number of thiocarbonyl (C=S) groups is 1. The molecule has 0 saturated carbocycles. The van der Waals surface area contributed by atoms with Gasteiger partial charge in [-0.2, -0.15) is 0 Å². The maximum Gasteiger partial charge on any atom is 0.237 e. The van der Waals surface area contributed by atoms with E-state index in [0.717, 1.165) is 31.9 Å². The van der Waals surface area contributed by atoms with Crippen LogP contribution in [0.4, 0.5) is 11.4 Å². The number of nitrogens with zero attached hydrogens (tertiary/aromatic N) is 3. The fourth-order valence-corrected chi connectivity index (χ4v) is 5.91. The van der Waals surface area contributed by atoms with Crippen molar-refractivity contribution < 1.29 is 28.8 Å². The van der Waals surface area contributed by atoms with Gasteiger partial charge in [0, 0.05) is 49.0 Å². The molecule has 1 amide bonds. The molecule has 224 valence electrons. The minimum atomic E-state index is -0.174. The van der Waals surface area contributed by atoms with Gasteiger partial charge in [-0.15, -0.1) is 0 Å². The smallest absolute Gasteiger partial charge is 0.237 e. The van der Waals surface area contributed by atoms with Gasteiger partial charge in [-0.1, -0.05) is 41.6 Å². The maximum atomic E-state index is 13.8. The van der Waals surface area contributed by atoms with Crippen LogP contribution in [0.1, 0.15) is 5.56 Å². The molecule has 9 nitrogen and oxygen atoms in total. The van der Waals surface area contributed by atoms with Crippen molar-refractivity contribution in [2.24, 2.45) is 0 Å². The first-order valence-corrected chi connectivity index (χ1v) is 14.9. The fourth-order valence-electron chi connectivity index (χ4n) is 4.65. The highest BCUT2D eigenvalue weighted by Gasteiger charge is 2.24. The van der Waals surface area contributed by atoms with Crippen molar-refractivity contribution in [1.29, 1.82) is 0 Å². The zero-order chi connectivity index (χ0) is 30.2. The SMILES string of the molecule is COc1ccc(CN(C(=O)CSC(=S)N2CCN(c3ccc(Cl)cc3)CC2)c2cc(OC)c(OC)c(OC)c2)cc1O. The summed E-state index contributed by atoms with van der Waals surface area (Å²) in [5.41, 5.74) is 2.38. The third-order valence-electron chi connectivity index (χ3n) is 6.89. The summed E-state index contributed by atoms with van der Waals surface area (Å²) >= 11 is 13.1. The molecule has 0 bridgehead atoms. The number of amides is 1. The lowest BCUT2D eigenvalue weighted by Gasteiger charge is -2.37. The summed E-state index contributed by atoms with van der Waals surface area (Å²) in [6.07, 6.45) is 0. The van der Waals surface area contributed by atoms with Crippen LogP contribution in [-0.4, -0.2) is 80.6 Å². The van der Waals surface area contributed by atoms with Crippen LogP contribution >= 0.6 is 35.6 Å². The van der Waals surface area contributed by atoms with Gasteiger partial charge >= 0.3 is 0 Å². The molecule has 1 saturated heterocycles. The van der Waals surface area contributed by atoms with E-state index in [1.807, 2.05) is 24.3 Å². The molecule has 3 aromatic rings. The Hall–Kier alpha value is -3.54. The van der Waals surface area contributed by atoms with Gasteiger partial charge < -0.3 is 38.8 Å². The molecule has 0 aliphatic carbocycles. The fraction of sp³-hybridized carbons (Fsp3) is 0.333. The molecule has 0 spiro atoms. The highest BCUT2D eigenvalue weighted by molar-refractivity contribution is 8.23. The number of phenols is 1. The zero-order valence-electron chi connectivity index (χ0n) is 24.0. The molecular weight excluding hydrogens is 598 g/mol. The zero-order valence-corrected chi connectivity index (χ0v) is 26.4. The molecule has 0 aromatic heterocycles. The van der Waals surface area contributed by atoms with E-state index in [0.29, 0.717) is 43.6 Å². The summed E-state index contributed by atoms with van der Waals surface area (Å²) in [5, 5.41) is 11.1. The molecule has 1 aliphatic heterocycles. The first-order valence-electron chi connectivity index (χ1n) is 13.2. The lowest BCUT2D eigenvalue weighted by atomic mass is 10.1. The minimum absolute atomic E-state index is 0.0133. The van der Waals surface area contributed by atoms with Crippen LogP contribution in [0.3, 0.4) is 0 Å². The average molecular weight is 632 g/mol. The summed E-state index contributed by atoms with van der Waals surface area (Å²) in [7, 11) is 6.06. The molecule has 4 rings (SSSR count). The summed E-state index contributed by atoms with van der Waals surface area (Å²) in [4.78, 5) is 19.8. The molecule has 0 radical (unpaired) electrons. The van der Waals surface area contributed by atoms with E-state index in [2.05, 4.69) is 9.80 Å². The van der Waals surface area contributed by atoms with Crippen molar-refractivity contribution in [3.05, 3.63) is 65.2 Å². The second-order valence-electron chi connectivity index (χ2n) is 9.37. The third-order valence-corrected chi connectivity index (χ3v) is 8.66. The van der Waals surface area contributed by atoms with Gasteiger partial charge in [0.1, 0.15) is 4.32 Å². The van der Waals surface area contributed by atoms with Crippen molar-refractivity contribution >= 4 is 57.2 Å². The minimum Gasteiger partial charge on any atom is -0.504 e. The second kappa shape index (κ2) is 14.6. The van der Waals surface area contributed by atoms with Crippen molar-refractivity contribution in [3.8, 4) is 28.7 Å². The van der Waals surface area contributed by atoms with Crippen molar-refractivity contribution in [1.82, 2.24) is 4.90 Å². The van der Waals surface area contributed by atoms with E-state index in [-0.39, 0.29) is 24.0 Å². The number of carbonyl (C=O) groups excluding carboxylic acids is 1. The van der Waals surface area contributed by atoms with Crippen molar-refractivity contribution in [2.45, 2.75) is 6.54 Å². The summed E-state index contributed by atoms with van der Waals surface area (Å²) in [6, 6.07) is 16.3. The number of benzene rings is 3. The van der Waals surface area contributed by atoms with Gasteiger partial charge in [0.15, 0.2) is 23.0 Å². The third kappa shape index (κ3) is 7.45. The molecule has 1 heterocycles. The number of methoxy groups -OCH3 is 4. The summed E-state index contributed by atoms with van der Waals surface area (Å²) in [6.45, 7) is 3.32. The van der Waals surface area contributed by atoms with Gasteiger partial charge in [-0.25, -0.2) is 0 Å². The van der Waals surface area contributed by atoms with Crippen LogP contribution in [0.25, 0.3) is 0 Å². The Balaban J connectivity index is 1.49. The Morgan fingerprint density at radius 1 is 0.905 bits per heavy atom. The number of thioether (sulfide) groups is 1. The highest BCUT2D eigenvalue weighted by atomic mass is 35.5. The van der Waals surface area contributed by atoms with E-state index < -0.39 is 0 Å². The average Bonchev–Trinajstić information content (AvgIpc) is 3.02. The van der Waals surface area contributed by atoms with E-state index in [9.17, 15) is 9.90 Å². The van der Waals surface area contributed by atoms with Crippen LogP contribution in [-0.2, 0) is 11.3 Å². The number of halogens is 1. The van der Waals surface area contributed by atoms with Gasteiger partial charge in [-0.3, -0.25) is 4.79 Å². The van der Waals surface area contributed by atoms with Crippen LogP contribution in [0.2, 0.25) is 5.02 Å². The van der Waals surface area contributed by atoms with E-state index in [1.54, 1.807) is 35.2 Å². The van der Waals surface area contributed by atoms with Crippen LogP contribution in [0.5, 0.6) is 28.7 Å². The molecular formula is C30H34ClN3O6S2. The number of piperazine rings is 1. The molecule has 0 unspecified atom stereocenters. The molecule has 1 fully saturated rings. The number of hydrogen-bond donors (Lipinski definition) is 1. The summed E-state index contributed by atoms with van der Waals surface area (Å²) in [5.74, 6) is 1.54. The Morgan fingerprint density at radius 3 is 2.07 bits per heavy atom. The Labute approximate surface area is 260 Å². The molecule has 3 aromatic carbocycles. The largest absolute Gasteiger partial charge is 0.504 e. The Bertz CT molecular complexity index is 1380. The Kier molecular flexibility index (Phi) is 10.9. The number of hydrogen-bond acceptors (Lipinski definition) is 9. The summed E-state index contributed by atoms with van der Waals surface area (Å²) < 4.78 is 22.4. The normalized spacial score (nSPS) is 13.0. The standard InChI is InChI=1S/C30H34ClN3O6S2/c1-37-25-10-5-20(15-24(25)35)18-34(23-16-26(38-2)29(40-4)27(17-23)39-3)28(36)19-42-30(41)33-13-11-32(12-14-33)22-8-6-21(31)7-9-22/h5-10,15-17,35H,11-14,18-19H2,1-4H3. The van der Waals surface area contributed by atoms with E-state index >= 15 is 0 Å². The van der Waals surface area contributed by atoms with Crippen molar-refractivity contribution in [3.63, 3.8) is 0 Å². The van der Waals surface area contributed by atoms with Gasteiger partial charge in [0.25, 0.3) is 0 Å². The molecule has 0 atom stereocenters. The topological polar surface area (TPSA) is 83.9 Å². The quantitative estimate of drug-likeness (QED) is 0.292. The predicted octanol–water partition coefficient (Wildman–Crippen LogP) is 5.45. The van der Waals surface area contributed by atoms with Gasteiger partial charge in [-0.05, 0) is 42.0 Å². The van der Waals surface area contributed by atoms with Gasteiger partial charge in [0.05, 0.1) is 46.4 Å². The number of carbonyl (C=O) groups is 1.